The van der Waals surface area contributed by atoms with E-state index in [-0.39, 0.29) is 0 Å². The summed E-state index contributed by atoms with van der Waals surface area (Å²) in [7, 11) is 0. The van der Waals surface area contributed by atoms with Crippen molar-refractivity contribution in [1.29, 1.82) is 0 Å². The molecule has 2 rings (SSSR count). The molecule has 0 N–H and O–H groups in total. The number of halogens is 4. The van der Waals surface area contributed by atoms with Crippen LogP contribution >= 0.6 is 35.0 Å². The van der Waals surface area contributed by atoms with Crippen molar-refractivity contribution in [3.8, 4) is 0 Å². The number of rotatable bonds is 4. The van der Waals surface area contributed by atoms with Gasteiger partial charge in [-0.2, -0.15) is 0 Å². The van der Waals surface area contributed by atoms with Crippen molar-refractivity contribution in [3.05, 3.63) is 36.5 Å². The molecule has 0 amide bonds. The molecule has 0 bridgehead atoms. The molecule has 1 aliphatic rings. The summed E-state index contributed by atoms with van der Waals surface area (Å²) in [5, 5.41) is 0.381. The Morgan fingerprint density at radius 3 is 2.68 bits per heavy atom. The van der Waals surface area contributed by atoms with Gasteiger partial charge in [0.05, 0.1) is 5.03 Å². The number of pyridine rings is 1. The van der Waals surface area contributed by atoms with Crippen molar-refractivity contribution in [2.45, 2.75) is 33.9 Å². The predicted octanol–water partition coefficient (Wildman–Crippen LogP) is 5.30. The van der Waals surface area contributed by atoms with Crippen molar-refractivity contribution in [2.24, 2.45) is 5.92 Å². The highest BCUT2D eigenvalue weighted by atomic mass is 35.5. The molecule has 1 aliphatic carbocycles. The highest BCUT2D eigenvalue weighted by molar-refractivity contribution is 8.03. The number of aromatic nitrogens is 1. The molecule has 0 aliphatic heterocycles. The number of nitrogens with zero attached hydrogens (tertiary/aromatic N) is 1. The fourth-order valence-electron chi connectivity index (χ4n) is 1.94. The lowest BCUT2D eigenvalue weighted by atomic mass is 9.91. The fraction of sp³-hybridized carbons (Fsp3) is 0.462. The van der Waals surface area contributed by atoms with Gasteiger partial charge in [-0.15, -0.1) is 0 Å². The Bertz CT molecular complexity index is 451. The second kappa shape index (κ2) is 5.98. The van der Waals surface area contributed by atoms with Crippen LogP contribution in [-0.2, 0) is 0 Å². The maximum absolute atomic E-state index is 14.4. The summed E-state index contributed by atoms with van der Waals surface area (Å²) in [5.74, 6) is -4.14. The van der Waals surface area contributed by atoms with E-state index in [0.717, 1.165) is 12.8 Å². The Kier molecular flexibility index (Phi) is 4.75. The number of hydrogen-bond donors (Lipinski definition) is 0. The van der Waals surface area contributed by atoms with Gasteiger partial charge in [0.2, 0.25) is 3.67 Å². The molecule has 6 heteroatoms. The molecular formula is C13H13Cl2F2NS. The molecular weight excluding hydrogens is 311 g/mol. The first-order valence-corrected chi connectivity index (χ1v) is 7.53. The molecule has 0 radical (unpaired) electrons. The van der Waals surface area contributed by atoms with Gasteiger partial charge in [-0.05, 0) is 31.4 Å². The summed E-state index contributed by atoms with van der Waals surface area (Å²) in [4.78, 5) is 3.97. The summed E-state index contributed by atoms with van der Waals surface area (Å²) in [6, 6.07) is 5.02. The summed E-state index contributed by atoms with van der Waals surface area (Å²) in [6.45, 7) is 0. The molecule has 1 unspecified atom stereocenters. The Balaban J connectivity index is 2.17. The first-order chi connectivity index (χ1) is 8.93. The van der Waals surface area contributed by atoms with Crippen molar-refractivity contribution in [3.63, 3.8) is 0 Å². The van der Waals surface area contributed by atoms with Crippen LogP contribution in [0.15, 0.2) is 41.6 Å². The molecule has 0 spiro atoms. The highest BCUT2D eigenvalue weighted by Crippen LogP contribution is 2.54. The lowest BCUT2D eigenvalue weighted by Crippen LogP contribution is -2.42. The minimum Gasteiger partial charge on any atom is -0.250 e. The fourth-order valence-corrected chi connectivity index (χ4v) is 3.50. The average Bonchev–Trinajstić information content (AvgIpc) is 2.40. The first-order valence-electron chi connectivity index (χ1n) is 5.96. The van der Waals surface area contributed by atoms with Crippen LogP contribution in [0, 0.1) is 5.92 Å². The summed E-state index contributed by atoms with van der Waals surface area (Å²) < 4.78 is 26.6. The number of hydrogen-bond acceptors (Lipinski definition) is 2. The van der Waals surface area contributed by atoms with Gasteiger partial charge in [0.15, 0.2) is 0 Å². The van der Waals surface area contributed by atoms with Crippen molar-refractivity contribution in [1.82, 2.24) is 4.98 Å². The van der Waals surface area contributed by atoms with E-state index in [4.69, 9.17) is 23.2 Å². The molecule has 0 fully saturated rings. The SMILES string of the molecule is FC(F)(C1C=CCCC1)C(Cl)(Cl)Sc1ccccn1. The average molecular weight is 324 g/mol. The third-order valence-electron chi connectivity index (χ3n) is 2.98. The summed E-state index contributed by atoms with van der Waals surface area (Å²) in [6.07, 6.45) is 6.75. The standard InChI is InChI=1S/C13H13Cl2F2NS/c14-13(15,19-11-8-4-5-9-18-11)12(16,17)10-6-2-1-3-7-10/h2,4-6,8-10H,1,3,7H2. The highest BCUT2D eigenvalue weighted by Gasteiger charge is 2.57. The van der Waals surface area contributed by atoms with Crippen LogP contribution in [0.25, 0.3) is 0 Å². The van der Waals surface area contributed by atoms with Crippen molar-refractivity contribution < 1.29 is 8.78 Å². The van der Waals surface area contributed by atoms with E-state index in [1.807, 2.05) is 0 Å². The van der Waals surface area contributed by atoms with E-state index in [9.17, 15) is 8.78 Å². The topological polar surface area (TPSA) is 12.9 Å². The molecule has 104 valence electrons. The predicted molar refractivity (Wildman–Crippen MR) is 76.0 cm³/mol. The van der Waals surface area contributed by atoms with Crippen LogP contribution in [0.2, 0.25) is 0 Å². The number of allylic oxidation sites excluding steroid dienone is 2. The third kappa shape index (κ3) is 3.41. The Hall–Kier alpha value is -0.320. The molecule has 0 aromatic carbocycles. The lowest BCUT2D eigenvalue weighted by Gasteiger charge is -2.34. The van der Waals surface area contributed by atoms with Crippen LogP contribution in [-0.4, -0.2) is 14.6 Å². The van der Waals surface area contributed by atoms with Gasteiger partial charge in [-0.1, -0.05) is 53.2 Å². The van der Waals surface area contributed by atoms with Crippen LogP contribution in [0.5, 0.6) is 0 Å². The van der Waals surface area contributed by atoms with Gasteiger partial charge in [0.1, 0.15) is 0 Å². The largest absolute Gasteiger partial charge is 0.296 e. The first kappa shape index (κ1) is 15.1. The molecule has 1 atom stereocenters. The molecule has 0 saturated carbocycles. The molecule has 19 heavy (non-hydrogen) atoms. The van der Waals surface area contributed by atoms with Crippen molar-refractivity contribution >= 4 is 35.0 Å². The molecule has 1 heterocycles. The quantitative estimate of drug-likeness (QED) is 0.424. The number of alkyl halides is 4. The smallest absolute Gasteiger partial charge is 0.250 e. The van der Waals surface area contributed by atoms with E-state index < -0.39 is 15.5 Å². The van der Waals surface area contributed by atoms with Crippen molar-refractivity contribution in [2.75, 3.05) is 0 Å². The van der Waals surface area contributed by atoms with E-state index in [0.29, 0.717) is 23.2 Å². The molecule has 1 aromatic heterocycles. The van der Waals surface area contributed by atoms with Gasteiger partial charge in [0.25, 0.3) is 5.92 Å². The lowest BCUT2D eigenvalue weighted by molar-refractivity contribution is -0.0391. The molecule has 0 saturated heterocycles. The Morgan fingerprint density at radius 2 is 2.11 bits per heavy atom. The maximum Gasteiger partial charge on any atom is 0.296 e. The summed E-state index contributed by atoms with van der Waals surface area (Å²) >= 11 is 12.5. The van der Waals surface area contributed by atoms with Gasteiger partial charge < -0.3 is 0 Å². The van der Waals surface area contributed by atoms with E-state index in [2.05, 4.69) is 4.98 Å². The third-order valence-corrected chi connectivity index (χ3v) is 4.92. The zero-order chi connectivity index (χ0) is 13.9. The second-order valence-electron chi connectivity index (χ2n) is 4.38. The van der Waals surface area contributed by atoms with Crippen LogP contribution in [0.4, 0.5) is 8.78 Å². The molecule has 1 aromatic rings. The minimum absolute atomic E-state index is 0.381. The van der Waals surface area contributed by atoms with E-state index in [1.54, 1.807) is 24.3 Å². The van der Waals surface area contributed by atoms with Gasteiger partial charge in [0, 0.05) is 12.1 Å². The normalized spacial score (nSPS) is 20.5. The molecule has 1 nitrogen and oxygen atoms in total. The zero-order valence-corrected chi connectivity index (χ0v) is 12.4. The Morgan fingerprint density at radius 1 is 1.32 bits per heavy atom. The van der Waals surface area contributed by atoms with E-state index >= 15 is 0 Å². The van der Waals surface area contributed by atoms with Crippen LogP contribution in [0.3, 0.4) is 0 Å². The minimum atomic E-state index is -3.21. The Labute approximate surface area is 125 Å². The van der Waals surface area contributed by atoms with Crippen LogP contribution < -0.4 is 0 Å². The van der Waals surface area contributed by atoms with Gasteiger partial charge in [-0.25, -0.2) is 13.8 Å². The van der Waals surface area contributed by atoms with E-state index in [1.165, 1.54) is 12.3 Å². The number of thioether (sulfide) groups is 1. The maximum atomic E-state index is 14.4. The van der Waals surface area contributed by atoms with Gasteiger partial charge >= 0.3 is 0 Å². The second-order valence-corrected chi connectivity index (χ2v) is 7.39. The zero-order valence-electron chi connectivity index (χ0n) is 10.0. The van der Waals surface area contributed by atoms with Crippen LogP contribution in [0.1, 0.15) is 19.3 Å². The monoisotopic (exact) mass is 323 g/mol. The van der Waals surface area contributed by atoms with Gasteiger partial charge in [-0.3, -0.25) is 0 Å². The summed E-state index contributed by atoms with van der Waals surface area (Å²) in [5.41, 5.74) is 0.